The molecule has 1 aromatic carbocycles. The quantitative estimate of drug-likeness (QED) is 0.498. The van der Waals surface area contributed by atoms with Gasteiger partial charge in [-0.2, -0.15) is 5.26 Å². The molecule has 10 heteroatoms. The zero-order valence-corrected chi connectivity index (χ0v) is 23.3. The van der Waals surface area contributed by atoms with Gasteiger partial charge in [0.25, 0.3) is 0 Å². The number of benzene rings is 1. The molecule has 0 bridgehead atoms. The number of pyridine rings is 2. The van der Waals surface area contributed by atoms with Crippen molar-refractivity contribution < 1.29 is 9.47 Å². The van der Waals surface area contributed by atoms with Gasteiger partial charge in [0, 0.05) is 83.3 Å². The van der Waals surface area contributed by atoms with Crippen LogP contribution in [0.25, 0.3) is 10.9 Å². The van der Waals surface area contributed by atoms with Gasteiger partial charge in [0.15, 0.2) is 0 Å². The number of fused-ring (bicyclic) bond motifs is 1. The van der Waals surface area contributed by atoms with Crippen LogP contribution in [0.1, 0.15) is 12.5 Å². The van der Waals surface area contributed by atoms with Crippen molar-refractivity contribution in [3.05, 3.63) is 54.4 Å². The highest BCUT2D eigenvalue weighted by Gasteiger charge is 2.32. The number of ether oxygens (including phenoxy) is 2. The van der Waals surface area contributed by atoms with E-state index in [2.05, 4.69) is 61.8 Å². The minimum atomic E-state index is 0.0169. The number of morpholine rings is 1. The van der Waals surface area contributed by atoms with Crippen molar-refractivity contribution in [1.29, 1.82) is 5.26 Å². The Kier molecular flexibility index (Phi) is 7.71. The molecular formula is C30H38N8O2. The minimum absolute atomic E-state index is 0.0169. The monoisotopic (exact) mass is 542 g/mol. The molecule has 10 nitrogen and oxygen atoms in total. The summed E-state index contributed by atoms with van der Waals surface area (Å²) < 4.78 is 11.9. The maximum absolute atomic E-state index is 9.53. The van der Waals surface area contributed by atoms with Gasteiger partial charge in [-0.3, -0.25) is 9.88 Å². The van der Waals surface area contributed by atoms with Crippen molar-refractivity contribution in [2.24, 2.45) is 5.73 Å². The van der Waals surface area contributed by atoms with Crippen molar-refractivity contribution in [2.75, 3.05) is 80.7 Å². The lowest BCUT2D eigenvalue weighted by Crippen LogP contribution is -2.54. The molecular weight excluding hydrogens is 504 g/mol. The molecule has 2 unspecified atom stereocenters. The van der Waals surface area contributed by atoms with E-state index in [1.807, 2.05) is 18.3 Å². The summed E-state index contributed by atoms with van der Waals surface area (Å²) in [5.74, 6) is 0.955. The number of hydrogen-bond donors (Lipinski definition) is 1. The van der Waals surface area contributed by atoms with E-state index < -0.39 is 0 Å². The maximum Gasteiger partial charge on any atom is 0.128 e. The number of methoxy groups -OCH3 is 1. The second kappa shape index (κ2) is 11.6. The number of hydrogen-bond acceptors (Lipinski definition) is 10. The molecule has 210 valence electrons. The van der Waals surface area contributed by atoms with Crippen LogP contribution in [0.2, 0.25) is 0 Å². The van der Waals surface area contributed by atoms with Gasteiger partial charge < -0.3 is 29.9 Å². The summed E-state index contributed by atoms with van der Waals surface area (Å²) in [6.07, 6.45) is 4.02. The molecule has 0 saturated carbocycles. The summed E-state index contributed by atoms with van der Waals surface area (Å²) in [4.78, 5) is 18.8. The molecule has 0 amide bonds. The summed E-state index contributed by atoms with van der Waals surface area (Å²) in [5.41, 5.74) is 9.84. The molecule has 2 N–H and O–H groups in total. The third-order valence-electron chi connectivity index (χ3n) is 8.40. The van der Waals surface area contributed by atoms with E-state index >= 15 is 0 Å². The molecule has 3 aliphatic heterocycles. The van der Waals surface area contributed by atoms with Crippen molar-refractivity contribution in [1.82, 2.24) is 14.9 Å². The fraction of sp³-hybridized carbons (Fsp3) is 0.500. The van der Waals surface area contributed by atoms with Gasteiger partial charge in [0.1, 0.15) is 11.9 Å². The first-order chi connectivity index (χ1) is 19.5. The van der Waals surface area contributed by atoms with Gasteiger partial charge in [-0.25, -0.2) is 4.98 Å². The van der Waals surface area contributed by atoms with E-state index in [1.165, 1.54) is 0 Å². The summed E-state index contributed by atoms with van der Waals surface area (Å²) in [6, 6.07) is 14.5. The van der Waals surface area contributed by atoms with Crippen molar-refractivity contribution in [3.8, 4) is 6.07 Å². The van der Waals surface area contributed by atoms with Crippen LogP contribution in [-0.4, -0.2) is 105 Å². The van der Waals surface area contributed by atoms with E-state index in [-0.39, 0.29) is 24.4 Å². The van der Waals surface area contributed by atoms with Crippen LogP contribution in [0.5, 0.6) is 0 Å². The number of nitriles is 1. The molecule has 40 heavy (non-hydrogen) atoms. The van der Waals surface area contributed by atoms with E-state index in [4.69, 9.17) is 20.2 Å². The van der Waals surface area contributed by atoms with Crippen LogP contribution in [-0.2, 0) is 9.47 Å². The summed E-state index contributed by atoms with van der Waals surface area (Å²) in [6.45, 7) is 10.1. The van der Waals surface area contributed by atoms with Gasteiger partial charge >= 0.3 is 0 Å². The maximum atomic E-state index is 9.53. The molecule has 0 spiro atoms. The van der Waals surface area contributed by atoms with Gasteiger partial charge in [-0.1, -0.05) is 0 Å². The molecule has 2 aromatic heterocycles. The van der Waals surface area contributed by atoms with Crippen molar-refractivity contribution >= 4 is 28.1 Å². The average molecular weight is 543 g/mol. The highest BCUT2D eigenvalue weighted by molar-refractivity contribution is 5.95. The van der Waals surface area contributed by atoms with E-state index in [0.29, 0.717) is 5.56 Å². The Morgan fingerprint density at radius 2 is 1.85 bits per heavy atom. The Morgan fingerprint density at radius 3 is 2.58 bits per heavy atom. The Morgan fingerprint density at radius 1 is 1.00 bits per heavy atom. The Labute approximate surface area is 235 Å². The van der Waals surface area contributed by atoms with Gasteiger partial charge in [-0.15, -0.1) is 0 Å². The van der Waals surface area contributed by atoms with Crippen LogP contribution in [0.15, 0.2) is 48.8 Å². The summed E-state index contributed by atoms with van der Waals surface area (Å²) in [5, 5.41) is 10.6. The summed E-state index contributed by atoms with van der Waals surface area (Å²) in [7, 11) is 1.72. The topological polar surface area (TPSA) is 107 Å². The van der Waals surface area contributed by atoms with Crippen LogP contribution >= 0.6 is 0 Å². The Bertz CT molecular complexity index is 1350. The van der Waals surface area contributed by atoms with Crippen molar-refractivity contribution in [2.45, 2.75) is 31.3 Å². The molecule has 6 rings (SSSR count). The number of nitrogens with two attached hydrogens (primary N) is 1. The van der Waals surface area contributed by atoms with E-state index in [0.717, 1.165) is 87.0 Å². The SMILES string of the molecule is COC1CN(c2ccc(N3CCN(C[C@H]4CN(c5ccc(C#N)c6ncccc56)C[C@@H](C)O4)CC3)cn2)CC1N. The summed E-state index contributed by atoms with van der Waals surface area (Å²) >= 11 is 0. The number of piperazine rings is 1. The molecule has 3 aromatic rings. The number of nitrogens with zero attached hydrogens (tertiary/aromatic N) is 7. The first-order valence-electron chi connectivity index (χ1n) is 14.2. The number of anilines is 3. The fourth-order valence-electron chi connectivity index (χ4n) is 6.33. The largest absolute Gasteiger partial charge is 0.378 e. The van der Waals surface area contributed by atoms with Crippen LogP contribution < -0.4 is 20.4 Å². The third kappa shape index (κ3) is 5.43. The van der Waals surface area contributed by atoms with Gasteiger partial charge in [0.05, 0.1) is 47.3 Å². The second-order valence-electron chi connectivity index (χ2n) is 11.1. The second-order valence-corrected chi connectivity index (χ2v) is 11.1. The molecule has 3 aliphatic rings. The highest BCUT2D eigenvalue weighted by atomic mass is 16.5. The molecule has 3 fully saturated rings. The standard InChI is InChI=1S/C30H38N8O2/c1-21-16-37(27-7-5-22(14-31)30-25(27)4-3-9-33-30)18-24(40-21)17-35-10-12-36(13-11-35)23-6-8-29(34-15-23)38-19-26(32)28(20-38)39-2/h3-9,15,21,24,26,28H,10-13,16-20,32H2,1-2H3/t21-,24+,26?,28?/m1/s1. The predicted molar refractivity (Wildman–Crippen MR) is 157 cm³/mol. The minimum Gasteiger partial charge on any atom is -0.378 e. The van der Waals surface area contributed by atoms with Gasteiger partial charge in [0.2, 0.25) is 0 Å². The Balaban J connectivity index is 1.05. The third-order valence-corrected chi connectivity index (χ3v) is 8.40. The molecule has 4 atom stereocenters. The Hall–Kier alpha value is -3.49. The number of rotatable bonds is 6. The highest BCUT2D eigenvalue weighted by Crippen LogP contribution is 2.30. The fourth-order valence-corrected chi connectivity index (χ4v) is 6.33. The first-order valence-corrected chi connectivity index (χ1v) is 14.2. The molecule has 0 radical (unpaired) electrons. The first kappa shape index (κ1) is 26.7. The van der Waals surface area contributed by atoms with E-state index in [1.54, 1.807) is 13.3 Å². The lowest BCUT2D eigenvalue weighted by molar-refractivity contribution is -0.0327. The molecule has 5 heterocycles. The van der Waals surface area contributed by atoms with Crippen LogP contribution in [0.4, 0.5) is 17.2 Å². The van der Waals surface area contributed by atoms with Crippen LogP contribution in [0, 0.1) is 11.3 Å². The number of aromatic nitrogens is 2. The molecule has 3 saturated heterocycles. The lowest BCUT2D eigenvalue weighted by Gasteiger charge is -2.42. The predicted octanol–water partition coefficient (Wildman–Crippen LogP) is 2.08. The van der Waals surface area contributed by atoms with Crippen LogP contribution in [0.3, 0.4) is 0 Å². The average Bonchev–Trinajstić information content (AvgIpc) is 3.37. The van der Waals surface area contributed by atoms with E-state index in [9.17, 15) is 5.26 Å². The van der Waals surface area contributed by atoms with Crippen molar-refractivity contribution in [3.63, 3.8) is 0 Å². The molecule has 0 aliphatic carbocycles. The smallest absolute Gasteiger partial charge is 0.128 e. The van der Waals surface area contributed by atoms with Gasteiger partial charge in [-0.05, 0) is 43.3 Å². The zero-order valence-electron chi connectivity index (χ0n) is 23.3. The lowest BCUT2D eigenvalue weighted by atomic mass is 10.1. The normalized spacial score (nSPS) is 25.9. The zero-order chi connectivity index (χ0) is 27.6.